The summed E-state index contributed by atoms with van der Waals surface area (Å²) in [5, 5.41) is 2.86. The van der Waals surface area contributed by atoms with E-state index in [1.807, 2.05) is 4.90 Å². The molecule has 1 atom stereocenters. The van der Waals surface area contributed by atoms with Crippen molar-refractivity contribution >= 4 is 11.8 Å². The Morgan fingerprint density at radius 2 is 1.87 bits per heavy atom. The zero-order chi connectivity index (χ0) is 16.2. The Morgan fingerprint density at radius 3 is 2.57 bits per heavy atom. The molecule has 1 aliphatic heterocycles. The molecule has 124 valence electrons. The van der Waals surface area contributed by atoms with Crippen molar-refractivity contribution in [2.24, 2.45) is 5.92 Å². The van der Waals surface area contributed by atoms with Gasteiger partial charge in [0.05, 0.1) is 5.92 Å². The molecule has 2 amide bonds. The maximum absolute atomic E-state index is 12.9. The van der Waals surface area contributed by atoms with Crippen molar-refractivity contribution in [1.29, 1.82) is 0 Å². The standard InChI is InChI=1S/C18H23FN2O2/c19-15-8-6-13(7-9-15)11-20-18(23)14-10-17(22)21(12-14)16-4-2-1-3-5-16/h6-9,14,16H,1-5,10-12H2,(H,20,23)/t14-/m0/s1. The molecule has 1 N–H and O–H groups in total. The van der Waals surface area contributed by atoms with Gasteiger partial charge in [0, 0.05) is 25.6 Å². The molecule has 5 heteroatoms. The summed E-state index contributed by atoms with van der Waals surface area (Å²) in [4.78, 5) is 26.4. The van der Waals surface area contributed by atoms with Gasteiger partial charge in [-0.15, -0.1) is 0 Å². The first-order chi connectivity index (χ1) is 11.1. The van der Waals surface area contributed by atoms with Crippen molar-refractivity contribution in [2.75, 3.05) is 6.54 Å². The number of hydrogen-bond donors (Lipinski definition) is 1. The van der Waals surface area contributed by atoms with Crippen LogP contribution in [0.25, 0.3) is 0 Å². The minimum absolute atomic E-state index is 0.0824. The summed E-state index contributed by atoms with van der Waals surface area (Å²) >= 11 is 0. The third kappa shape index (κ3) is 3.89. The molecule has 1 aromatic carbocycles. The highest BCUT2D eigenvalue weighted by atomic mass is 19.1. The van der Waals surface area contributed by atoms with Gasteiger partial charge in [0.25, 0.3) is 0 Å². The number of carbonyl (C=O) groups excluding carboxylic acids is 2. The first-order valence-electron chi connectivity index (χ1n) is 8.45. The molecule has 2 aliphatic rings. The molecule has 3 rings (SSSR count). The van der Waals surface area contributed by atoms with Crippen molar-refractivity contribution < 1.29 is 14.0 Å². The number of nitrogens with zero attached hydrogens (tertiary/aromatic N) is 1. The Bertz CT molecular complexity index is 567. The van der Waals surface area contributed by atoms with Gasteiger partial charge in [-0.25, -0.2) is 4.39 Å². The lowest BCUT2D eigenvalue weighted by Gasteiger charge is -2.31. The van der Waals surface area contributed by atoms with E-state index in [1.54, 1.807) is 12.1 Å². The van der Waals surface area contributed by atoms with Crippen molar-refractivity contribution in [1.82, 2.24) is 10.2 Å². The zero-order valence-electron chi connectivity index (χ0n) is 13.3. The minimum Gasteiger partial charge on any atom is -0.352 e. The zero-order valence-corrected chi connectivity index (χ0v) is 13.3. The molecule has 0 unspecified atom stereocenters. The van der Waals surface area contributed by atoms with Crippen LogP contribution in [0, 0.1) is 11.7 Å². The van der Waals surface area contributed by atoms with Gasteiger partial charge in [0.2, 0.25) is 11.8 Å². The SMILES string of the molecule is O=C(NCc1ccc(F)cc1)[C@H]1CC(=O)N(C2CCCCC2)C1. The van der Waals surface area contributed by atoms with Crippen LogP contribution < -0.4 is 5.32 Å². The van der Waals surface area contributed by atoms with Crippen LogP contribution in [0.4, 0.5) is 4.39 Å². The van der Waals surface area contributed by atoms with Crippen molar-refractivity contribution in [3.63, 3.8) is 0 Å². The maximum Gasteiger partial charge on any atom is 0.225 e. The van der Waals surface area contributed by atoms with E-state index in [0.717, 1.165) is 18.4 Å². The molecule has 1 saturated carbocycles. The fourth-order valence-electron chi connectivity index (χ4n) is 3.59. The van der Waals surface area contributed by atoms with Gasteiger partial charge in [0.15, 0.2) is 0 Å². The number of rotatable bonds is 4. The van der Waals surface area contributed by atoms with Crippen LogP contribution >= 0.6 is 0 Å². The van der Waals surface area contributed by atoms with Gasteiger partial charge < -0.3 is 10.2 Å². The normalized spacial score (nSPS) is 22.4. The fraction of sp³-hybridized carbons (Fsp3) is 0.556. The van der Waals surface area contributed by atoms with E-state index < -0.39 is 0 Å². The predicted molar refractivity (Wildman–Crippen MR) is 84.9 cm³/mol. The van der Waals surface area contributed by atoms with Crippen LogP contribution in [0.2, 0.25) is 0 Å². The quantitative estimate of drug-likeness (QED) is 0.928. The second kappa shape index (κ2) is 7.11. The van der Waals surface area contributed by atoms with Crippen LogP contribution in [0.5, 0.6) is 0 Å². The van der Waals surface area contributed by atoms with Crippen LogP contribution in [0.3, 0.4) is 0 Å². The smallest absolute Gasteiger partial charge is 0.225 e. The summed E-state index contributed by atoms with van der Waals surface area (Å²) < 4.78 is 12.9. The third-order valence-corrected chi connectivity index (χ3v) is 4.92. The Labute approximate surface area is 136 Å². The van der Waals surface area contributed by atoms with E-state index in [0.29, 0.717) is 25.6 Å². The molecule has 0 radical (unpaired) electrons. The average Bonchev–Trinajstić information content (AvgIpc) is 2.97. The van der Waals surface area contributed by atoms with Crippen LogP contribution in [0.15, 0.2) is 24.3 Å². The number of benzene rings is 1. The Balaban J connectivity index is 1.52. The summed E-state index contributed by atoms with van der Waals surface area (Å²) in [5.74, 6) is -0.519. The molecular formula is C18H23FN2O2. The molecule has 1 aromatic rings. The molecular weight excluding hydrogens is 295 g/mol. The van der Waals surface area contributed by atoms with Gasteiger partial charge in [-0.05, 0) is 30.5 Å². The highest BCUT2D eigenvalue weighted by Crippen LogP contribution is 2.28. The number of amides is 2. The Hall–Kier alpha value is -1.91. The Morgan fingerprint density at radius 1 is 1.17 bits per heavy atom. The average molecular weight is 318 g/mol. The van der Waals surface area contributed by atoms with E-state index in [2.05, 4.69) is 5.32 Å². The van der Waals surface area contributed by atoms with Crippen LogP contribution in [-0.2, 0) is 16.1 Å². The monoisotopic (exact) mass is 318 g/mol. The van der Waals surface area contributed by atoms with E-state index in [-0.39, 0.29) is 23.5 Å². The van der Waals surface area contributed by atoms with Gasteiger partial charge in [0.1, 0.15) is 5.82 Å². The van der Waals surface area contributed by atoms with E-state index in [4.69, 9.17) is 0 Å². The number of halogens is 1. The molecule has 4 nitrogen and oxygen atoms in total. The first-order valence-corrected chi connectivity index (χ1v) is 8.45. The number of carbonyl (C=O) groups is 2. The lowest BCUT2D eigenvalue weighted by atomic mass is 9.94. The minimum atomic E-state index is -0.287. The van der Waals surface area contributed by atoms with Crippen molar-refractivity contribution in [3.8, 4) is 0 Å². The van der Waals surface area contributed by atoms with Crippen molar-refractivity contribution in [3.05, 3.63) is 35.6 Å². The summed E-state index contributed by atoms with van der Waals surface area (Å²) in [5.41, 5.74) is 0.855. The third-order valence-electron chi connectivity index (χ3n) is 4.92. The predicted octanol–water partition coefficient (Wildman–Crippen LogP) is 2.62. The molecule has 0 bridgehead atoms. The molecule has 2 fully saturated rings. The topological polar surface area (TPSA) is 49.4 Å². The molecule has 0 aromatic heterocycles. The summed E-state index contributed by atoms with van der Waals surface area (Å²) in [7, 11) is 0. The molecule has 0 spiro atoms. The summed E-state index contributed by atoms with van der Waals surface area (Å²) in [6.07, 6.45) is 6.04. The maximum atomic E-state index is 12.9. The highest BCUT2D eigenvalue weighted by Gasteiger charge is 2.37. The van der Waals surface area contributed by atoms with E-state index in [1.165, 1.54) is 31.4 Å². The Kier molecular flexibility index (Phi) is 4.94. The second-order valence-electron chi connectivity index (χ2n) is 6.58. The number of likely N-dealkylation sites (tertiary alicyclic amines) is 1. The van der Waals surface area contributed by atoms with Crippen LogP contribution in [0.1, 0.15) is 44.1 Å². The first kappa shape index (κ1) is 16.0. The summed E-state index contributed by atoms with van der Waals surface area (Å²) in [6.45, 7) is 0.909. The summed E-state index contributed by atoms with van der Waals surface area (Å²) in [6, 6.07) is 6.40. The largest absolute Gasteiger partial charge is 0.352 e. The highest BCUT2D eigenvalue weighted by molar-refractivity contribution is 5.89. The molecule has 1 heterocycles. The van der Waals surface area contributed by atoms with Crippen LogP contribution in [-0.4, -0.2) is 29.3 Å². The number of nitrogens with one attached hydrogen (secondary N) is 1. The van der Waals surface area contributed by atoms with E-state index >= 15 is 0 Å². The fourth-order valence-corrected chi connectivity index (χ4v) is 3.59. The number of hydrogen-bond acceptors (Lipinski definition) is 2. The lowest BCUT2D eigenvalue weighted by molar-refractivity contribution is -0.130. The van der Waals surface area contributed by atoms with Gasteiger partial charge >= 0.3 is 0 Å². The lowest BCUT2D eigenvalue weighted by Crippen LogP contribution is -2.39. The molecule has 1 aliphatic carbocycles. The van der Waals surface area contributed by atoms with E-state index in [9.17, 15) is 14.0 Å². The van der Waals surface area contributed by atoms with Gasteiger partial charge in [-0.3, -0.25) is 9.59 Å². The second-order valence-corrected chi connectivity index (χ2v) is 6.58. The molecule has 23 heavy (non-hydrogen) atoms. The molecule has 1 saturated heterocycles. The van der Waals surface area contributed by atoms with Crippen molar-refractivity contribution in [2.45, 2.75) is 51.1 Å². The van der Waals surface area contributed by atoms with Gasteiger partial charge in [-0.2, -0.15) is 0 Å². The van der Waals surface area contributed by atoms with Gasteiger partial charge in [-0.1, -0.05) is 31.4 Å².